The van der Waals surface area contributed by atoms with Crippen LogP contribution >= 0.6 is 15.9 Å². The highest BCUT2D eigenvalue weighted by molar-refractivity contribution is 9.10. The molecule has 1 fully saturated rings. The molecule has 2 heterocycles. The number of furan rings is 1. The molecular formula is C10H11BrO4S. The van der Waals surface area contributed by atoms with E-state index in [4.69, 9.17) is 4.42 Å². The van der Waals surface area contributed by atoms with Crippen molar-refractivity contribution in [3.8, 4) is 0 Å². The Labute approximate surface area is 102 Å². The molecule has 1 unspecified atom stereocenters. The number of rotatable bonds is 2. The first kappa shape index (κ1) is 11.9. The Morgan fingerprint density at radius 1 is 1.38 bits per heavy atom. The molecule has 0 spiro atoms. The highest BCUT2D eigenvalue weighted by Gasteiger charge is 2.36. The predicted molar refractivity (Wildman–Crippen MR) is 62.2 cm³/mol. The molecule has 0 aliphatic carbocycles. The van der Waals surface area contributed by atoms with Crippen LogP contribution in [0.2, 0.25) is 0 Å². The van der Waals surface area contributed by atoms with E-state index in [1.54, 1.807) is 6.07 Å². The fourth-order valence-electron chi connectivity index (χ4n) is 1.85. The molecule has 0 bridgehead atoms. The minimum atomic E-state index is -3.29. The molecule has 4 nitrogen and oxygen atoms in total. The van der Waals surface area contributed by atoms with Gasteiger partial charge in [0.25, 0.3) is 0 Å². The lowest BCUT2D eigenvalue weighted by Crippen LogP contribution is -2.35. The quantitative estimate of drug-likeness (QED) is 0.786. The normalized spacial score (nSPS) is 24.2. The van der Waals surface area contributed by atoms with Crippen LogP contribution in [0, 0.1) is 0 Å². The van der Waals surface area contributed by atoms with Crippen molar-refractivity contribution in [2.75, 3.05) is 5.75 Å². The maximum atomic E-state index is 11.9. The Kier molecular flexibility index (Phi) is 3.21. The maximum Gasteiger partial charge on any atom is 0.216 e. The van der Waals surface area contributed by atoms with E-state index in [-0.39, 0.29) is 11.5 Å². The van der Waals surface area contributed by atoms with E-state index in [0.29, 0.717) is 17.5 Å². The largest absolute Gasteiger partial charge is 0.446 e. The van der Waals surface area contributed by atoms with Crippen molar-refractivity contribution in [1.82, 2.24) is 0 Å². The second kappa shape index (κ2) is 4.33. The van der Waals surface area contributed by atoms with Crippen molar-refractivity contribution in [3.05, 3.63) is 22.6 Å². The summed E-state index contributed by atoms with van der Waals surface area (Å²) in [5.74, 6) is -0.210. The summed E-state index contributed by atoms with van der Waals surface area (Å²) < 4.78 is 29.0. The van der Waals surface area contributed by atoms with Gasteiger partial charge in [0, 0.05) is 0 Å². The number of halogens is 1. The number of hydrogen-bond acceptors (Lipinski definition) is 4. The molecule has 0 radical (unpaired) electrons. The van der Waals surface area contributed by atoms with Crippen molar-refractivity contribution >= 4 is 31.6 Å². The third-order valence-corrected chi connectivity index (χ3v) is 5.29. The first-order chi connectivity index (χ1) is 7.50. The molecule has 0 amide bonds. The average Bonchev–Trinajstić information content (AvgIpc) is 2.63. The lowest BCUT2D eigenvalue weighted by atomic mass is 10.1. The van der Waals surface area contributed by atoms with E-state index in [2.05, 4.69) is 15.9 Å². The summed E-state index contributed by atoms with van der Waals surface area (Å²) in [7, 11) is -3.29. The summed E-state index contributed by atoms with van der Waals surface area (Å²) in [5.41, 5.74) is 0. The topological polar surface area (TPSA) is 64.3 Å². The summed E-state index contributed by atoms with van der Waals surface area (Å²) in [6.45, 7) is 0. The molecule has 1 atom stereocenters. The molecule has 0 aromatic carbocycles. The molecule has 1 aliphatic rings. The highest BCUT2D eigenvalue weighted by atomic mass is 79.9. The van der Waals surface area contributed by atoms with Crippen molar-refractivity contribution in [2.45, 2.75) is 24.5 Å². The second-order valence-electron chi connectivity index (χ2n) is 3.82. The zero-order valence-electron chi connectivity index (χ0n) is 8.48. The van der Waals surface area contributed by atoms with Crippen LogP contribution in [0.15, 0.2) is 21.2 Å². The zero-order valence-corrected chi connectivity index (χ0v) is 10.9. The predicted octanol–water partition coefficient (Wildman–Crippen LogP) is 2.19. The van der Waals surface area contributed by atoms with E-state index < -0.39 is 20.9 Å². The standard InChI is InChI=1S/C10H11BrO4S/c11-9-5-4-7(15-9)10(12)8-3-1-2-6-16(8,13)14/h4-5,8H,1-3,6H2. The van der Waals surface area contributed by atoms with Crippen molar-refractivity contribution in [1.29, 1.82) is 0 Å². The van der Waals surface area contributed by atoms with E-state index >= 15 is 0 Å². The van der Waals surface area contributed by atoms with Gasteiger partial charge in [-0.25, -0.2) is 8.42 Å². The monoisotopic (exact) mass is 306 g/mol. The van der Waals surface area contributed by atoms with Crippen molar-refractivity contribution in [3.63, 3.8) is 0 Å². The van der Waals surface area contributed by atoms with Gasteiger partial charge < -0.3 is 4.42 Å². The third kappa shape index (κ3) is 2.22. The number of carbonyl (C=O) groups excluding carboxylic acids is 1. The lowest BCUT2D eigenvalue weighted by molar-refractivity contribution is 0.0953. The number of Topliss-reactive ketones (excluding diaryl/α,β-unsaturated/α-hetero) is 1. The molecule has 6 heteroatoms. The molecule has 2 rings (SSSR count). The smallest absolute Gasteiger partial charge is 0.216 e. The van der Waals surface area contributed by atoms with Gasteiger partial charge in [0.2, 0.25) is 5.78 Å². The molecule has 1 aliphatic heterocycles. The molecule has 88 valence electrons. The number of hydrogen-bond donors (Lipinski definition) is 0. The first-order valence-corrected chi connectivity index (χ1v) is 7.53. The van der Waals surface area contributed by atoms with Gasteiger partial charge in [-0.1, -0.05) is 6.42 Å². The average molecular weight is 307 g/mol. The maximum absolute atomic E-state index is 11.9. The highest BCUT2D eigenvalue weighted by Crippen LogP contribution is 2.24. The van der Waals surface area contributed by atoms with Gasteiger partial charge in [0.1, 0.15) is 5.25 Å². The first-order valence-electron chi connectivity index (χ1n) is 5.02. The van der Waals surface area contributed by atoms with Gasteiger partial charge >= 0.3 is 0 Å². The van der Waals surface area contributed by atoms with Crippen molar-refractivity contribution < 1.29 is 17.6 Å². The second-order valence-corrected chi connectivity index (χ2v) is 6.90. The van der Waals surface area contributed by atoms with Crippen LogP contribution in [-0.2, 0) is 9.84 Å². The van der Waals surface area contributed by atoms with Crippen LogP contribution in [0.4, 0.5) is 0 Å². The fourth-order valence-corrected chi connectivity index (χ4v) is 4.02. The Morgan fingerprint density at radius 3 is 2.69 bits per heavy atom. The SMILES string of the molecule is O=C(c1ccc(Br)o1)C1CCCCS1(=O)=O. The van der Waals surface area contributed by atoms with Gasteiger partial charge in [0.15, 0.2) is 20.3 Å². The summed E-state index contributed by atoms with van der Waals surface area (Å²) in [6, 6.07) is 3.08. The summed E-state index contributed by atoms with van der Waals surface area (Å²) in [4.78, 5) is 11.9. The molecule has 0 saturated carbocycles. The van der Waals surface area contributed by atoms with Gasteiger partial charge in [-0.2, -0.15) is 0 Å². The Morgan fingerprint density at radius 2 is 2.12 bits per heavy atom. The van der Waals surface area contributed by atoms with Crippen LogP contribution < -0.4 is 0 Å². The molecule has 1 aromatic rings. The Balaban J connectivity index is 2.28. The fraction of sp³-hybridized carbons (Fsp3) is 0.500. The van der Waals surface area contributed by atoms with Crippen LogP contribution in [0.1, 0.15) is 29.8 Å². The Bertz CT molecular complexity index is 503. The molecule has 1 saturated heterocycles. The van der Waals surface area contributed by atoms with Crippen LogP contribution in [0.25, 0.3) is 0 Å². The minimum absolute atomic E-state index is 0.102. The van der Waals surface area contributed by atoms with Crippen LogP contribution in [-0.4, -0.2) is 25.2 Å². The van der Waals surface area contributed by atoms with Crippen LogP contribution in [0.3, 0.4) is 0 Å². The molecule has 1 aromatic heterocycles. The van der Waals surface area contributed by atoms with E-state index in [0.717, 1.165) is 6.42 Å². The van der Waals surface area contributed by atoms with Crippen LogP contribution in [0.5, 0.6) is 0 Å². The number of carbonyl (C=O) groups is 1. The van der Waals surface area contributed by atoms with Gasteiger partial charge in [-0.15, -0.1) is 0 Å². The van der Waals surface area contributed by atoms with E-state index in [1.165, 1.54) is 6.07 Å². The number of ketones is 1. The van der Waals surface area contributed by atoms with Gasteiger partial charge in [-0.05, 0) is 40.9 Å². The summed E-state index contributed by atoms with van der Waals surface area (Å²) in [6.07, 6.45) is 1.82. The molecular weight excluding hydrogens is 296 g/mol. The minimum Gasteiger partial charge on any atom is -0.446 e. The van der Waals surface area contributed by atoms with Gasteiger partial charge in [0.05, 0.1) is 5.75 Å². The van der Waals surface area contributed by atoms with E-state index in [1.807, 2.05) is 0 Å². The summed E-state index contributed by atoms with van der Waals surface area (Å²) >= 11 is 3.08. The van der Waals surface area contributed by atoms with Gasteiger partial charge in [-0.3, -0.25) is 4.79 Å². The third-order valence-electron chi connectivity index (χ3n) is 2.69. The Hall–Kier alpha value is -0.620. The number of sulfone groups is 1. The lowest BCUT2D eigenvalue weighted by Gasteiger charge is -2.19. The zero-order chi connectivity index (χ0) is 11.8. The van der Waals surface area contributed by atoms with Crippen molar-refractivity contribution in [2.24, 2.45) is 0 Å². The summed E-state index contributed by atoms with van der Waals surface area (Å²) in [5, 5.41) is -0.917. The molecule has 0 N–H and O–H groups in total. The molecule has 16 heavy (non-hydrogen) atoms. The van der Waals surface area contributed by atoms with E-state index in [9.17, 15) is 13.2 Å².